The number of anilines is 1. The third-order valence-corrected chi connectivity index (χ3v) is 2.25. The van der Waals surface area contributed by atoms with E-state index >= 15 is 0 Å². The Morgan fingerprint density at radius 3 is 2.67 bits per heavy atom. The molecule has 2 aromatic rings. The summed E-state index contributed by atoms with van der Waals surface area (Å²) in [6.45, 7) is 1.70. The number of rotatable bonds is 3. The van der Waals surface area contributed by atoms with Gasteiger partial charge in [0.05, 0.1) is 6.04 Å². The molecule has 94 valence electrons. The maximum absolute atomic E-state index is 12.7. The first-order valence-corrected chi connectivity index (χ1v) is 5.34. The van der Waals surface area contributed by atoms with Gasteiger partial charge < -0.3 is 15.5 Å². The molecule has 6 heteroatoms. The highest BCUT2D eigenvalue weighted by Crippen LogP contribution is 2.12. The molecule has 0 bridgehead atoms. The van der Waals surface area contributed by atoms with Crippen LogP contribution in [-0.4, -0.2) is 10.9 Å². The number of carbonyl (C=O) groups excluding carboxylic acids is 1. The van der Waals surface area contributed by atoms with Gasteiger partial charge in [-0.3, -0.25) is 4.79 Å². The van der Waals surface area contributed by atoms with Crippen LogP contribution < -0.4 is 11.1 Å². The van der Waals surface area contributed by atoms with Crippen LogP contribution in [0.2, 0.25) is 0 Å². The number of amides is 1. The van der Waals surface area contributed by atoms with Crippen LogP contribution in [0.5, 0.6) is 0 Å². The van der Waals surface area contributed by atoms with Gasteiger partial charge in [-0.15, -0.1) is 0 Å². The lowest BCUT2D eigenvalue weighted by atomic mass is 10.3. The molecule has 18 heavy (non-hydrogen) atoms. The van der Waals surface area contributed by atoms with Crippen LogP contribution in [0.3, 0.4) is 0 Å². The topological polar surface area (TPSA) is 81.1 Å². The molecule has 0 spiro atoms. The van der Waals surface area contributed by atoms with Gasteiger partial charge in [-0.05, 0) is 31.2 Å². The Bertz CT molecular complexity index is 549. The fourth-order valence-electron chi connectivity index (χ4n) is 1.33. The van der Waals surface area contributed by atoms with E-state index in [1.165, 1.54) is 30.5 Å². The Kier molecular flexibility index (Phi) is 3.38. The molecule has 1 aromatic heterocycles. The molecule has 0 aliphatic heterocycles. The van der Waals surface area contributed by atoms with Gasteiger partial charge >= 0.3 is 0 Å². The zero-order valence-electron chi connectivity index (χ0n) is 9.68. The van der Waals surface area contributed by atoms with E-state index < -0.39 is 5.91 Å². The SMILES string of the molecule is CC(N)c1nc(C(=O)Nc2ccc(F)cc2)co1. The van der Waals surface area contributed by atoms with Gasteiger partial charge in [-0.25, -0.2) is 9.37 Å². The molecule has 1 aromatic carbocycles. The van der Waals surface area contributed by atoms with E-state index in [9.17, 15) is 9.18 Å². The molecule has 0 radical (unpaired) electrons. The average molecular weight is 249 g/mol. The van der Waals surface area contributed by atoms with E-state index in [0.717, 1.165) is 0 Å². The smallest absolute Gasteiger partial charge is 0.277 e. The minimum atomic E-state index is -0.433. The predicted octanol–water partition coefficient (Wildman–Crippen LogP) is 2.09. The third-order valence-electron chi connectivity index (χ3n) is 2.25. The van der Waals surface area contributed by atoms with Crippen molar-refractivity contribution in [1.82, 2.24) is 4.98 Å². The maximum atomic E-state index is 12.7. The molecular weight excluding hydrogens is 237 g/mol. The van der Waals surface area contributed by atoms with Crippen molar-refractivity contribution in [3.8, 4) is 0 Å². The second kappa shape index (κ2) is 4.97. The Morgan fingerprint density at radius 2 is 2.11 bits per heavy atom. The first-order chi connectivity index (χ1) is 8.56. The van der Waals surface area contributed by atoms with Gasteiger partial charge in [0, 0.05) is 5.69 Å². The van der Waals surface area contributed by atoms with Crippen LogP contribution in [0.4, 0.5) is 10.1 Å². The third kappa shape index (κ3) is 2.72. The van der Waals surface area contributed by atoms with Gasteiger partial charge in [-0.2, -0.15) is 0 Å². The number of halogens is 1. The summed E-state index contributed by atoms with van der Waals surface area (Å²) in [5, 5.41) is 2.57. The summed E-state index contributed by atoms with van der Waals surface area (Å²) < 4.78 is 17.7. The van der Waals surface area contributed by atoms with Crippen LogP contribution in [0, 0.1) is 5.82 Å². The van der Waals surface area contributed by atoms with Crippen molar-refractivity contribution in [3.63, 3.8) is 0 Å². The minimum Gasteiger partial charge on any atom is -0.446 e. The minimum absolute atomic E-state index is 0.131. The van der Waals surface area contributed by atoms with Crippen LogP contribution in [0.25, 0.3) is 0 Å². The zero-order chi connectivity index (χ0) is 13.1. The van der Waals surface area contributed by atoms with E-state index in [1.54, 1.807) is 6.92 Å². The zero-order valence-corrected chi connectivity index (χ0v) is 9.68. The number of nitrogens with zero attached hydrogens (tertiary/aromatic N) is 1. The number of carbonyl (C=O) groups is 1. The van der Waals surface area contributed by atoms with E-state index in [1.807, 2.05) is 0 Å². The largest absolute Gasteiger partial charge is 0.446 e. The molecule has 0 aliphatic carbocycles. The summed E-state index contributed by atoms with van der Waals surface area (Å²) in [6, 6.07) is 5.05. The maximum Gasteiger partial charge on any atom is 0.277 e. The summed E-state index contributed by atoms with van der Waals surface area (Å²) in [7, 11) is 0. The highest BCUT2D eigenvalue weighted by atomic mass is 19.1. The summed E-state index contributed by atoms with van der Waals surface area (Å²) in [6.07, 6.45) is 1.23. The van der Waals surface area contributed by atoms with Gasteiger partial charge in [0.15, 0.2) is 5.69 Å². The van der Waals surface area contributed by atoms with Gasteiger partial charge in [-0.1, -0.05) is 0 Å². The average Bonchev–Trinajstić information content (AvgIpc) is 2.81. The molecule has 5 nitrogen and oxygen atoms in total. The standard InChI is InChI=1S/C12H12FN3O2/c1-7(14)12-16-10(6-18-12)11(17)15-9-4-2-8(13)3-5-9/h2-7H,14H2,1H3,(H,15,17). The Balaban J connectivity index is 2.09. The number of hydrogen-bond donors (Lipinski definition) is 2. The number of oxazole rings is 1. The van der Waals surface area contributed by atoms with E-state index in [0.29, 0.717) is 11.6 Å². The first-order valence-electron chi connectivity index (χ1n) is 5.34. The number of benzene rings is 1. The van der Waals surface area contributed by atoms with Gasteiger partial charge in [0.1, 0.15) is 12.1 Å². The normalized spacial score (nSPS) is 12.2. The number of hydrogen-bond acceptors (Lipinski definition) is 4. The monoisotopic (exact) mass is 249 g/mol. The number of aromatic nitrogens is 1. The van der Waals surface area contributed by atoms with E-state index in [-0.39, 0.29) is 17.6 Å². The fraction of sp³-hybridized carbons (Fsp3) is 0.167. The fourth-order valence-corrected chi connectivity index (χ4v) is 1.33. The molecule has 1 unspecified atom stereocenters. The lowest BCUT2D eigenvalue weighted by molar-refractivity contribution is 0.102. The molecule has 0 saturated heterocycles. The van der Waals surface area contributed by atoms with Crippen LogP contribution >= 0.6 is 0 Å². The molecule has 1 amide bonds. The Hall–Kier alpha value is -2.21. The first kappa shape index (κ1) is 12.3. The molecule has 0 saturated carbocycles. The summed E-state index contributed by atoms with van der Waals surface area (Å²) in [5.41, 5.74) is 6.18. The highest BCUT2D eigenvalue weighted by molar-refractivity contribution is 6.02. The highest BCUT2D eigenvalue weighted by Gasteiger charge is 2.14. The number of nitrogens with one attached hydrogen (secondary N) is 1. The quantitative estimate of drug-likeness (QED) is 0.872. The molecule has 1 atom stereocenters. The van der Waals surface area contributed by atoms with Gasteiger partial charge in [0.2, 0.25) is 5.89 Å². The van der Waals surface area contributed by atoms with E-state index in [2.05, 4.69) is 10.3 Å². The summed E-state index contributed by atoms with van der Waals surface area (Å²) >= 11 is 0. The molecule has 0 fully saturated rings. The summed E-state index contributed by atoms with van der Waals surface area (Å²) in [4.78, 5) is 15.7. The van der Waals surface area contributed by atoms with Crippen molar-refractivity contribution in [1.29, 1.82) is 0 Å². The van der Waals surface area contributed by atoms with Crippen LogP contribution in [0.15, 0.2) is 34.9 Å². The molecule has 3 N–H and O–H groups in total. The lowest BCUT2D eigenvalue weighted by Crippen LogP contribution is -2.13. The van der Waals surface area contributed by atoms with Gasteiger partial charge in [0.25, 0.3) is 5.91 Å². The van der Waals surface area contributed by atoms with Crippen LogP contribution in [0.1, 0.15) is 29.3 Å². The predicted molar refractivity (Wildman–Crippen MR) is 63.5 cm³/mol. The second-order valence-electron chi connectivity index (χ2n) is 3.82. The lowest BCUT2D eigenvalue weighted by Gasteiger charge is -2.02. The molecule has 1 heterocycles. The van der Waals surface area contributed by atoms with Crippen molar-refractivity contribution >= 4 is 11.6 Å². The molecule has 2 rings (SSSR count). The number of nitrogens with two attached hydrogens (primary N) is 1. The van der Waals surface area contributed by atoms with E-state index in [4.69, 9.17) is 10.2 Å². The second-order valence-corrected chi connectivity index (χ2v) is 3.82. The van der Waals surface area contributed by atoms with Crippen molar-refractivity contribution in [2.45, 2.75) is 13.0 Å². The van der Waals surface area contributed by atoms with Crippen molar-refractivity contribution in [2.75, 3.05) is 5.32 Å². The van der Waals surface area contributed by atoms with Crippen molar-refractivity contribution in [2.24, 2.45) is 5.73 Å². The van der Waals surface area contributed by atoms with Crippen molar-refractivity contribution < 1.29 is 13.6 Å². The molecular formula is C12H12FN3O2. The summed E-state index contributed by atoms with van der Waals surface area (Å²) in [5.74, 6) is -0.509. The molecule has 0 aliphatic rings. The van der Waals surface area contributed by atoms with Crippen molar-refractivity contribution in [3.05, 3.63) is 47.9 Å². The Labute approximate surface area is 103 Å². The van der Waals surface area contributed by atoms with Crippen LogP contribution in [-0.2, 0) is 0 Å². The Morgan fingerprint density at radius 1 is 1.44 bits per heavy atom.